The number of benzene rings is 1. The normalized spacial score (nSPS) is 10.4. The second kappa shape index (κ2) is 4.67. The lowest BCUT2D eigenvalue weighted by molar-refractivity contribution is 0.935. The van der Waals surface area contributed by atoms with Gasteiger partial charge in [-0.2, -0.15) is 15.6 Å². The molecule has 0 radical (unpaired) electrons. The van der Waals surface area contributed by atoms with E-state index in [-0.39, 0.29) is 0 Å². The van der Waals surface area contributed by atoms with Crippen molar-refractivity contribution in [3.05, 3.63) is 53.5 Å². The van der Waals surface area contributed by atoms with E-state index < -0.39 is 0 Å². The first kappa shape index (κ1) is 12.2. The predicted molar refractivity (Wildman–Crippen MR) is 75.3 cm³/mol. The van der Waals surface area contributed by atoms with Crippen molar-refractivity contribution < 1.29 is 0 Å². The molecule has 3 aromatic rings. The lowest BCUT2D eigenvalue weighted by Crippen LogP contribution is -1.98. The first-order chi connectivity index (χ1) is 9.72. The van der Waals surface area contributed by atoms with E-state index in [1.807, 2.05) is 38.1 Å². The molecule has 0 aliphatic rings. The molecule has 2 heterocycles. The van der Waals surface area contributed by atoms with Gasteiger partial charge in [0.25, 0.3) is 0 Å². The van der Waals surface area contributed by atoms with Crippen molar-refractivity contribution in [2.45, 2.75) is 13.8 Å². The smallest absolute Gasteiger partial charge is 0.190 e. The van der Waals surface area contributed by atoms with Crippen LogP contribution < -0.4 is 0 Å². The summed E-state index contributed by atoms with van der Waals surface area (Å²) in [5.41, 5.74) is 5.07. The van der Waals surface area contributed by atoms with Crippen LogP contribution in [0.15, 0.2) is 36.4 Å². The largest absolute Gasteiger partial charge is 0.318 e. The van der Waals surface area contributed by atoms with E-state index in [0.29, 0.717) is 11.4 Å². The summed E-state index contributed by atoms with van der Waals surface area (Å²) in [6, 6.07) is 14.2. The fourth-order valence-electron chi connectivity index (χ4n) is 2.47. The maximum absolute atomic E-state index is 9.07. The molecule has 20 heavy (non-hydrogen) atoms. The van der Waals surface area contributed by atoms with E-state index in [9.17, 15) is 0 Å². The molecule has 0 amide bonds. The van der Waals surface area contributed by atoms with Crippen molar-refractivity contribution in [1.82, 2.24) is 20.0 Å². The fourth-order valence-corrected chi connectivity index (χ4v) is 2.47. The summed E-state index contributed by atoms with van der Waals surface area (Å²) in [6.07, 6.45) is 0. The highest BCUT2D eigenvalue weighted by Gasteiger charge is 2.17. The lowest BCUT2D eigenvalue weighted by atomic mass is 10.1. The molecule has 0 fully saturated rings. The number of hydrogen-bond donors (Lipinski definition) is 1. The van der Waals surface area contributed by atoms with Gasteiger partial charge in [0.2, 0.25) is 0 Å². The Labute approximate surface area is 116 Å². The molecule has 5 heteroatoms. The van der Waals surface area contributed by atoms with Gasteiger partial charge in [0.05, 0.1) is 0 Å². The van der Waals surface area contributed by atoms with E-state index in [4.69, 9.17) is 5.26 Å². The number of nitrogens with one attached hydrogen (secondary N) is 1. The number of aryl methyl sites for hydroxylation is 1. The fraction of sp³-hybridized carbons (Fsp3) is 0.133. The topological polar surface area (TPSA) is 70.3 Å². The number of nitrogens with zero attached hydrogens (tertiary/aromatic N) is 4. The highest BCUT2D eigenvalue weighted by Crippen LogP contribution is 2.29. The number of hydrogen-bond acceptors (Lipinski definition) is 3. The molecule has 0 saturated heterocycles. The van der Waals surface area contributed by atoms with Gasteiger partial charge >= 0.3 is 0 Å². The van der Waals surface area contributed by atoms with Crippen LogP contribution in [-0.2, 0) is 0 Å². The van der Waals surface area contributed by atoms with E-state index in [1.165, 1.54) is 0 Å². The highest BCUT2D eigenvalue weighted by atomic mass is 15.3. The molecular formula is C15H13N5. The third-order valence-corrected chi connectivity index (χ3v) is 3.35. The lowest BCUT2D eigenvalue weighted by Gasteiger charge is -2.09. The third kappa shape index (κ3) is 1.79. The Balaban J connectivity index is 2.20. The second-order valence-electron chi connectivity index (χ2n) is 4.59. The SMILES string of the molecule is Cc1cc(-c2n[nH]nc2C#N)c(C)n1-c1ccccc1. The Hall–Kier alpha value is -2.87. The average Bonchev–Trinajstić information content (AvgIpc) is 3.04. The van der Waals surface area contributed by atoms with Crippen LogP contribution in [0.2, 0.25) is 0 Å². The Morgan fingerprint density at radius 1 is 1.15 bits per heavy atom. The summed E-state index contributed by atoms with van der Waals surface area (Å²) in [4.78, 5) is 0. The van der Waals surface area contributed by atoms with Crippen LogP contribution in [0, 0.1) is 25.2 Å². The number of nitriles is 1. The molecule has 0 aliphatic carbocycles. The molecule has 98 valence electrons. The molecule has 5 nitrogen and oxygen atoms in total. The summed E-state index contributed by atoms with van der Waals surface area (Å²) in [5.74, 6) is 0. The van der Waals surface area contributed by atoms with Crippen LogP contribution in [-0.4, -0.2) is 20.0 Å². The summed E-state index contributed by atoms with van der Waals surface area (Å²) in [5, 5.41) is 19.5. The highest BCUT2D eigenvalue weighted by molar-refractivity contribution is 5.69. The van der Waals surface area contributed by atoms with Crippen LogP contribution in [0.5, 0.6) is 0 Å². The molecule has 0 aliphatic heterocycles. The van der Waals surface area contributed by atoms with Crippen LogP contribution in [0.3, 0.4) is 0 Å². The molecule has 0 unspecified atom stereocenters. The van der Waals surface area contributed by atoms with Gasteiger partial charge in [-0.3, -0.25) is 0 Å². The zero-order valence-corrected chi connectivity index (χ0v) is 11.3. The van der Waals surface area contributed by atoms with Crippen molar-refractivity contribution in [1.29, 1.82) is 5.26 Å². The van der Waals surface area contributed by atoms with Gasteiger partial charge in [-0.15, -0.1) is 5.10 Å². The average molecular weight is 263 g/mol. The molecule has 0 spiro atoms. The zero-order valence-electron chi connectivity index (χ0n) is 11.3. The first-order valence-corrected chi connectivity index (χ1v) is 6.28. The number of H-pyrrole nitrogens is 1. The standard InChI is InChI=1S/C15H13N5/c1-10-8-13(15-14(9-16)17-19-18-15)11(2)20(10)12-6-4-3-5-7-12/h3-8H,1-2H3,(H,17,18,19). The number of aromatic nitrogens is 4. The Bertz CT molecular complexity index is 790. The van der Waals surface area contributed by atoms with Crippen LogP contribution in [0.1, 0.15) is 17.1 Å². The Morgan fingerprint density at radius 2 is 1.90 bits per heavy atom. The Morgan fingerprint density at radius 3 is 2.60 bits per heavy atom. The van der Waals surface area contributed by atoms with Gasteiger partial charge < -0.3 is 4.57 Å². The number of aromatic amines is 1. The molecule has 2 aromatic heterocycles. The van der Waals surface area contributed by atoms with Crippen molar-refractivity contribution in [3.8, 4) is 23.0 Å². The monoisotopic (exact) mass is 263 g/mol. The van der Waals surface area contributed by atoms with E-state index >= 15 is 0 Å². The summed E-state index contributed by atoms with van der Waals surface area (Å²) in [6.45, 7) is 4.06. The van der Waals surface area contributed by atoms with Crippen LogP contribution in [0.4, 0.5) is 0 Å². The molecule has 0 bridgehead atoms. The Kier molecular flexibility index (Phi) is 2.84. The minimum absolute atomic E-state index is 0.318. The van der Waals surface area contributed by atoms with Gasteiger partial charge in [-0.1, -0.05) is 18.2 Å². The van der Waals surface area contributed by atoms with E-state index in [2.05, 4.69) is 38.2 Å². The first-order valence-electron chi connectivity index (χ1n) is 6.28. The predicted octanol–water partition coefficient (Wildman–Crippen LogP) is 2.75. The molecule has 1 aromatic carbocycles. The van der Waals surface area contributed by atoms with Gasteiger partial charge in [0.15, 0.2) is 5.69 Å². The minimum Gasteiger partial charge on any atom is -0.318 e. The zero-order chi connectivity index (χ0) is 14.1. The number of rotatable bonds is 2. The van der Waals surface area contributed by atoms with Gasteiger partial charge in [0.1, 0.15) is 11.8 Å². The quantitative estimate of drug-likeness (QED) is 0.772. The van der Waals surface area contributed by atoms with Crippen molar-refractivity contribution in [2.75, 3.05) is 0 Å². The van der Waals surface area contributed by atoms with Gasteiger partial charge in [0, 0.05) is 22.6 Å². The molecule has 0 saturated carbocycles. The number of para-hydroxylation sites is 1. The molecular weight excluding hydrogens is 250 g/mol. The van der Waals surface area contributed by atoms with Crippen LogP contribution in [0.25, 0.3) is 16.9 Å². The summed E-state index contributed by atoms with van der Waals surface area (Å²) < 4.78 is 2.14. The second-order valence-corrected chi connectivity index (χ2v) is 4.59. The maximum Gasteiger partial charge on any atom is 0.190 e. The summed E-state index contributed by atoms with van der Waals surface area (Å²) >= 11 is 0. The van der Waals surface area contributed by atoms with Gasteiger partial charge in [-0.05, 0) is 32.0 Å². The van der Waals surface area contributed by atoms with E-state index in [0.717, 1.165) is 22.6 Å². The van der Waals surface area contributed by atoms with Crippen LogP contribution >= 0.6 is 0 Å². The third-order valence-electron chi connectivity index (χ3n) is 3.35. The van der Waals surface area contributed by atoms with Crippen molar-refractivity contribution in [2.24, 2.45) is 0 Å². The molecule has 0 atom stereocenters. The van der Waals surface area contributed by atoms with E-state index in [1.54, 1.807) is 0 Å². The molecule has 1 N–H and O–H groups in total. The molecule has 3 rings (SSSR count). The summed E-state index contributed by atoms with van der Waals surface area (Å²) in [7, 11) is 0. The van der Waals surface area contributed by atoms with Crippen molar-refractivity contribution >= 4 is 0 Å². The van der Waals surface area contributed by atoms with Crippen molar-refractivity contribution in [3.63, 3.8) is 0 Å². The maximum atomic E-state index is 9.07. The minimum atomic E-state index is 0.318. The van der Waals surface area contributed by atoms with Gasteiger partial charge in [-0.25, -0.2) is 0 Å².